The van der Waals surface area contributed by atoms with Gasteiger partial charge in [0.1, 0.15) is 35.8 Å². The van der Waals surface area contributed by atoms with Gasteiger partial charge in [-0.1, -0.05) is 96.3 Å². The fourth-order valence-electron chi connectivity index (χ4n) is 6.95. The Labute approximate surface area is 294 Å². The molecule has 0 aromatic carbocycles. The Morgan fingerprint density at radius 3 is 1.94 bits per heavy atom. The largest absolute Gasteiger partial charge is 0.472 e. The van der Waals surface area contributed by atoms with E-state index in [1.54, 1.807) is 11.4 Å². The number of unbranched alkanes of at least 4 members (excludes halogenated alkanes) is 16. The van der Waals surface area contributed by atoms with Crippen LogP contribution in [0, 0.1) is 0 Å². The Morgan fingerprint density at radius 1 is 0.840 bits per heavy atom. The van der Waals surface area contributed by atoms with Gasteiger partial charge in [-0.25, -0.2) is 14.1 Å². The lowest BCUT2D eigenvalue weighted by molar-refractivity contribution is -0.212. The van der Waals surface area contributed by atoms with E-state index in [0.717, 1.165) is 38.5 Å². The van der Waals surface area contributed by atoms with Gasteiger partial charge in [-0.15, -0.1) is 0 Å². The quantitative estimate of drug-likeness (QED) is 0.0792. The summed E-state index contributed by atoms with van der Waals surface area (Å²) in [5.41, 5.74) is 6.24. The summed E-state index contributed by atoms with van der Waals surface area (Å²) in [4.78, 5) is 14.5. The highest BCUT2D eigenvalue weighted by Crippen LogP contribution is 2.52. The van der Waals surface area contributed by atoms with E-state index in [2.05, 4.69) is 10.1 Å². The second-order valence-corrected chi connectivity index (χ2v) is 16.0. The standard InChI is InChI=1S/C35H58F3N4O7P/c1-33(2)47-30-29(27-21-22-28-32(39)40-26-41-42(27)28)48-34(3,31(30)49-33)25-46-50(43,44)45-24-20-18-16-14-12-10-8-6-4-5-7-9-11-13-15-17-19-23-35(36,37)38/h21-22,26,29-31H,4-20,23-25H2,1-3H3,(H,43,44)(H2,39,40,41)/t29-,30-,31-,34+/m0/s1. The van der Waals surface area contributed by atoms with Crippen molar-refractivity contribution < 1.29 is 45.9 Å². The monoisotopic (exact) mass is 734 g/mol. The molecule has 2 aliphatic heterocycles. The van der Waals surface area contributed by atoms with Crippen LogP contribution in [0.3, 0.4) is 0 Å². The average Bonchev–Trinajstić information content (AvgIpc) is 3.69. The maximum atomic E-state index is 12.8. The predicted molar refractivity (Wildman–Crippen MR) is 184 cm³/mol. The molecular formula is C35H58F3N4O7P. The number of ether oxygens (including phenoxy) is 3. The fraction of sp³-hybridized carbons (Fsp3) is 0.829. The van der Waals surface area contributed by atoms with E-state index in [4.69, 9.17) is 29.0 Å². The Bertz CT molecular complexity index is 1360. The number of nitrogen functional groups attached to an aromatic ring is 1. The lowest BCUT2D eigenvalue weighted by Gasteiger charge is -2.31. The van der Waals surface area contributed by atoms with Crippen molar-refractivity contribution in [1.29, 1.82) is 0 Å². The van der Waals surface area contributed by atoms with E-state index in [0.29, 0.717) is 29.9 Å². The number of rotatable bonds is 24. The number of phosphoric acid groups is 1. The molecule has 0 amide bonds. The van der Waals surface area contributed by atoms with E-state index >= 15 is 0 Å². The molecule has 11 nitrogen and oxygen atoms in total. The average molecular weight is 735 g/mol. The first-order valence-corrected chi connectivity index (χ1v) is 20.0. The number of phosphoric ester groups is 1. The minimum atomic E-state index is -4.33. The van der Waals surface area contributed by atoms with Gasteiger partial charge in [-0.3, -0.25) is 9.05 Å². The summed E-state index contributed by atoms with van der Waals surface area (Å²) in [6, 6.07) is 3.65. The van der Waals surface area contributed by atoms with Crippen LogP contribution in [-0.4, -0.2) is 62.5 Å². The van der Waals surface area contributed by atoms with Crippen LogP contribution in [0.4, 0.5) is 19.0 Å². The van der Waals surface area contributed by atoms with Gasteiger partial charge in [0.2, 0.25) is 0 Å². The summed E-state index contributed by atoms with van der Waals surface area (Å²) in [6.45, 7) is 5.29. The fourth-order valence-corrected chi connectivity index (χ4v) is 7.80. The van der Waals surface area contributed by atoms with Crippen LogP contribution in [0.2, 0.25) is 0 Å². The molecule has 2 aromatic heterocycles. The number of halogens is 3. The minimum absolute atomic E-state index is 0.127. The van der Waals surface area contributed by atoms with Gasteiger partial charge in [0.15, 0.2) is 11.6 Å². The molecule has 3 N–H and O–H groups in total. The Kier molecular flexibility index (Phi) is 15.4. The second-order valence-electron chi connectivity index (χ2n) is 14.5. The van der Waals surface area contributed by atoms with E-state index in [9.17, 15) is 22.6 Å². The minimum Gasteiger partial charge on any atom is -0.382 e. The molecule has 286 valence electrons. The summed E-state index contributed by atoms with van der Waals surface area (Å²) < 4.78 is 80.5. The van der Waals surface area contributed by atoms with Gasteiger partial charge in [0.25, 0.3) is 0 Å². The highest BCUT2D eigenvalue weighted by Gasteiger charge is 2.62. The molecule has 2 aliphatic rings. The summed E-state index contributed by atoms with van der Waals surface area (Å²) in [5, 5.41) is 4.33. The van der Waals surface area contributed by atoms with Crippen LogP contribution in [0.15, 0.2) is 18.5 Å². The first-order valence-electron chi connectivity index (χ1n) is 18.5. The Hall–Kier alpha value is -1.80. The van der Waals surface area contributed by atoms with Gasteiger partial charge in [-0.05, 0) is 45.7 Å². The zero-order valence-corrected chi connectivity index (χ0v) is 30.9. The van der Waals surface area contributed by atoms with Gasteiger partial charge < -0.3 is 24.8 Å². The van der Waals surface area contributed by atoms with Crippen molar-refractivity contribution in [2.24, 2.45) is 0 Å². The van der Waals surface area contributed by atoms with E-state index in [1.807, 2.05) is 26.0 Å². The number of alkyl halides is 3. The first-order chi connectivity index (χ1) is 23.7. The highest BCUT2D eigenvalue weighted by atomic mass is 31.2. The molecule has 5 atom stereocenters. The molecule has 50 heavy (non-hydrogen) atoms. The number of hydrogen-bond donors (Lipinski definition) is 2. The van der Waals surface area contributed by atoms with Crippen LogP contribution in [0.1, 0.15) is 148 Å². The van der Waals surface area contributed by atoms with E-state index in [-0.39, 0.29) is 19.6 Å². The number of nitrogens with two attached hydrogens (primary N) is 1. The molecular weight excluding hydrogens is 676 g/mol. The summed E-state index contributed by atoms with van der Waals surface area (Å²) in [7, 11) is -4.33. The van der Waals surface area contributed by atoms with Gasteiger partial charge in [0, 0.05) is 6.42 Å². The van der Waals surface area contributed by atoms with Gasteiger partial charge in [0.05, 0.1) is 18.9 Å². The van der Waals surface area contributed by atoms with Crippen molar-refractivity contribution in [3.63, 3.8) is 0 Å². The van der Waals surface area contributed by atoms with Crippen molar-refractivity contribution in [2.45, 2.75) is 172 Å². The van der Waals surface area contributed by atoms with E-state index < -0.39 is 50.1 Å². The molecule has 15 heteroatoms. The van der Waals surface area contributed by atoms with E-state index in [1.165, 1.54) is 57.7 Å². The highest BCUT2D eigenvalue weighted by molar-refractivity contribution is 7.47. The first kappa shape index (κ1) is 41.0. The second kappa shape index (κ2) is 18.8. The normalized spacial score (nSPS) is 24.6. The smallest absolute Gasteiger partial charge is 0.382 e. The third kappa shape index (κ3) is 12.7. The van der Waals surface area contributed by atoms with Crippen molar-refractivity contribution in [1.82, 2.24) is 14.6 Å². The van der Waals surface area contributed by atoms with Crippen LogP contribution in [-0.2, 0) is 27.8 Å². The molecule has 2 saturated heterocycles. The van der Waals surface area contributed by atoms with Crippen LogP contribution < -0.4 is 5.73 Å². The molecule has 0 radical (unpaired) electrons. The third-order valence-electron chi connectivity index (χ3n) is 9.60. The van der Waals surface area contributed by atoms with Crippen molar-refractivity contribution in [3.05, 3.63) is 24.2 Å². The Balaban J connectivity index is 1.03. The zero-order valence-electron chi connectivity index (χ0n) is 30.0. The molecule has 2 aromatic rings. The summed E-state index contributed by atoms with van der Waals surface area (Å²) >= 11 is 0. The lowest BCUT2D eigenvalue weighted by Crippen LogP contribution is -2.44. The summed E-state index contributed by atoms with van der Waals surface area (Å²) in [6.07, 6.45) is 12.5. The molecule has 0 saturated carbocycles. The number of fused-ring (bicyclic) bond motifs is 2. The molecule has 4 heterocycles. The number of hydrogen-bond acceptors (Lipinski definition) is 9. The zero-order chi connectivity index (χ0) is 36.3. The molecule has 0 aliphatic carbocycles. The van der Waals surface area contributed by atoms with Crippen molar-refractivity contribution in [3.8, 4) is 0 Å². The maximum Gasteiger partial charge on any atom is 0.472 e. The molecule has 0 bridgehead atoms. The van der Waals surface area contributed by atoms with Crippen LogP contribution in [0.5, 0.6) is 0 Å². The Morgan fingerprint density at radius 2 is 1.38 bits per heavy atom. The summed E-state index contributed by atoms with van der Waals surface area (Å²) in [5.74, 6) is -0.559. The predicted octanol–water partition coefficient (Wildman–Crippen LogP) is 9.38. The molecule has 4 rings (SSSR count). The van der Waals surface area contributed by atoms with Gasteiger partial charge in [-0.2, -0.15) is 18.3 Å². The molecule has 1 unspecified atom stereocenters. The lowest BCUT2D eigenvalue weighted by atomic mass is 9.97. The van der Waals surface area contributed by atoms with Crippen LogP contribution >= 0.6 is 7.82 Å². The number of aromatic nitrogens is 3. The van der Waals surface area contributed by atoms with Gasteiger partial charge >= 0.3 is 14.0 Å². The molecule has 2 fully saturated rings. The third-order valence-corrected chi connectivity index (χ3v) is 10.6. The maximum absolute atomic E-state index is 12.8. The molecule has 0 spiro atoms. The number of anilines is 1. The number of nitrogens with zero attached hydrogens (tertiary/aromatic N) is 3. The van der Waals surface area contributed by atoms with Crippen molar-refractivity contribution in [2.75, 3.05) is 18.9 Å². The van der Waals surface area contributed by atoms with Crippen molar-refractivity contribution >= 4 is 19.2 Å². The van der Waals surface area contributed by atoms with Crippen LogP contribution in [0.25, 0.3) is 5.52 Å². The topological polar surface area (TPSA) is 140 Å². The SMILES string of the molecule is CC1(C)O[C@H]2[C@H](c3ccc4c(N)ncnn34)O[C@](C)(COP(=O)(O)OCCCCCCCCCCCCCCCCCCCC(F)(F)F)[C@H]2O1.